The molecule has 3 amide bonds. The number of rotatable bonds is 4. The summed E-state index contributed by atoms with van der Waals surface area (Å²) in [5.41, 5.74) is 0.867. The van der Waals surface area contributed by atoms with Gasteiger partial charge in [-0.25, -0.2) is 0 Å². The van der Waals surface area contributed by atoms with E-state index in [1.54, 1.807) is 24.3 Å². The first-order valence-corrected chi connectivity index (χ1v) is 9.79. The van der Waals surface area contributed by atoms with Crippen molar-refractivity contribution < 1.29 is 14.4 Å². The summed E-state index contributed by atoms with van der Waals surface area (Å²) in [4.78, 5) is 38.6. The number of nitrogens with zero attached hydrogens (tertiary/aromatic N) is 1. The Hall–Kier alpha value is -2.17. The van der Waals surface area contributed by atoms with Crippen LogP contribution in [0.3, 0.4) is 0 Å². The summed E-state index contributed by atoms with van der Waals surface area (Å²) in [7, 11) is 0. The summed E-state index contributed by atoms with van der Waals surface area (Å²) < 4.78 is 0. The smallest absolute Gasteiger partial charge is 0.261 e. The maximum absolute atomic E-state index is 12.6. The minimum Gasteiger partial charge on any atom is -0.351 e. The summed E-state index contributed by atoms with van der Waals surface area (Å²) >= 11 is 0. The molecular weight excluding hydrogens is 328 g/mol. The molecule has 5 aliphatic rings. The van der Waals surface area contributed by atoms with E-state index >= 15 is 0 Å². The van der Waals surface area contributed by atoms with Crippen molar-refractivity contribution in [2.24, 2.45) is 17.8 Å². The third-order valence-electron chi connectivity index (χ3n) is 6.88. The van der Waals surface area contributed by atoms with Gasteiger partial charge in [0.05, 0.1) is 11.1 Å². The van der Waals surface area contributed by atoms with Gasteiger partial charge >= 0.3 is 0 Å². The molecule has 4 aliphatic carbocycles. The molecule has 1 aromatic carbocycles. The Morgan fingerprint density at radius 3 is 1.96 bits per heavy atom. The molecule has 1 N–H and O–H groups in total. The van der Waals surface area contributed by atoms with Crippen LogP contribution < -0.4 is 5.32 Å². The van der Waals surface area contributed by atoms with E-state index in [2.05, 4.69) is 5.32 Å². The highest BCUT2D eigenvalue weighted by atomic mass is 16.2. The van der Waals surface area contributed by atoms with Gasteiger partial charge in [-0.1, -0.05) is 12.1 Å². The van der Waals surface area contributed by atoms with Gasteiger partial charge in [0.25, 0.3) is 11.8 Å². The fourth-order valence-electron chi connectivity index (χ4n) is 6.28. The molecule has 136 valence electrons. The van der Waals surface area contributed by atoms with Crippen LogP contribution in [-0.2, 0) is 4.79 Å². The molecule has 5 heteroatoms. The Labute approximate surface area is 153 Å². The predicted molar refractivity (Wildman–Crippen MR) is 95.5 cm³/mol. The summed E-state index contributed by atoms with van der Waals surface area (Å²) in [5.74, 6) is 1.73. The molecule has 6 rings (SSSR count). The van der Waals surface area contributed by atoms with Crippen LogP contribution >= 0.6 is 0 Å². The average Bonchev–Trinajstić information content (AvgIpc) is 2.83. The molecule has 0 saturated heterocycles. The molecule has 1 aromatic rings. The maximum atomic E-state index is 12.6. The summed E-state index contributed by atoms with van der Waals surface area (Å²) in [6.45, 7) is 0.157. The fourth-order valence-corrected chi connectivity index (χ4v) is 6.28. The third kappa shape index (κ3) is 2.48. The number of imide groups is 1. The van der Waals surface area contributed by atoms with Gasteiger partial charge in [-0.05, 0) is 68.4 Å². The van der Waals surface area contributed by atoms with Crippen LogP contribution in [0, 0.1) is 17.8 Å². The summed E-state index contributed by atoms with van der Waals surface area (Å²) in [6, 6.07) is 6.86. The average molecular weight is 352 g/mol. The normalized spacial score (nSPS) is 34.3. The SMILES string of the molecule is O=C(CCN1C(=O)c2ccccc2C1=O)NC12CC3CC(CC(C3)C1)C2. The van der Waals surface area contributed by atoms with E-state index < -0.39 is 0 Å². The number of hydrogen-bond acceptors (Lipinski definition) is 3. The lowest BCUT2D eigenvalue weighted by Gasteiger charge is -2.56. The highest BCUT2D eigenvalue weighted by Crippen LogP contribution is 2.55. The van der Waals surface area contributed by atoms with E-state index in [4.69, 9.17) is 0 Å². The molecule has 26 heavy (non-hydrogen) atoms. The summed E-state index contributed by atoms with van der Waals surface area (Å²) in [5, 5.41) is 3.31. The van der Waals surface area contributed by atoms with Crippen molar-refractivity contribution in [2.45, 2.75) is 50.5 Å². The quantitative estimate of drug-likeness (QED) is 0.848. The topological polar surface area (TPSA) is 66.5 Å². The van der Waals surface area contributed by atoms with E-state index in [1.807, 2.05) is 0 Å². The molecule has 4 bridgehead atoms. The molecular formula is C21H24N2O3. The van der Waals surface area contributed by atoms with Crippen LogP contribution in [0.2, 0.25) is 0 Å². The van der Waals surface area contributed by atoms with Crippen LogP contribution in [0.1, 0.15) is 65.7 Å². The molecule has 0 radical (unpaired) electrons. The minimum absolute atomic E-state index is 0.0200. The second-order valence-electron chi connectivity index (χ2n) is 8.80. The number of benzene rings is 1. The van der Waals surface area contributed by atoms with Gasteiger partial charge in [-0.2, -0.15) is 0 Å². The molecule has 1 aliphatic heterocycles. The first-order chi connectivity index (χ1) is 12.5. The van der Waals surface area contributed by atoms with Gasteiger partial charge in [0.2, 0.25) is 5.91 Å². The summed E-state index contributed by atoms with van der Waals surface area (Å²) in [6.07, 6.45) is 7.53. The van der Waals surface area contributed by atoms with Gasteiger partial charge in [0.1, 0.15) is 0 Å². The van der Waals surface area contributed by atoms with Gasteiger partial charge in [-0.3, -0.25) is 19.3 Å². The molecule has 4 saturated carbocycles. The molecule has 0 aromatic heterocycles. The predicted octanol–water partition coefficient (Wildman–Crippen LogP) is 2.76. The highest BCUT2D eigenvalue weighted by molar-refractivity contribution is 6.21. The maximum Gasteiger partial charge on any atom is 0.261 e. The Morgan fingerprint density at radius 2 is 1.46 bits per heavy atom. The van der Waals surface area contributed by atoms with Gasteiger partial charge in [-0.15, -0.1) is 0 Å². The Morgan fingerprint density at radius 1 is 0.962 bits per heavy atom. The monoisotopic (exact) mass is 352 g/mol. The first-order valence-electron chi connectivity index (χ1n) is 9.79. The van der Waals surface area contributed by atoms with E-state index in [9.17, 15) is 14.4 Å². The molecule has 5 nitrogen and oxygen atoms in total. The van der Waals surface area contributed by atoms with E-state index in [0.717, 1.165) is 37.0 Å². The molecule has 4 fully saturated rings. The molecule has 1 heterocycles. The Balaban J connectivity index is 1.22. The second-order valence-corrected chi connectivity index (χ2v) is 8.80. The second kappa shape index (κ2) is 5.66. The third-order valence-corrected chi connectivity index (χ3v) is 6.88. The van der Waals surface area contributed by atoms with Crippen LogP contribution in [-0.4, -0.2) is 34.7 Å². The lowest BCUT2D eigenvalue weighted by Crippen LogP contribution is -2.60. The molecule has 0 spiro atoms. The van der Waals surface area contributed by atoms with E-state index in [-0.39, 0.29) is 36.2 Å². The number of carbonyl (C=O) groups excluding carboxylic acids is 3. The van der Waals surface area contributed by atoms with Crippen LogP contribution in [0.4, 0.5) is 0 Å². The molecule has 0 unspecified atom stereocenters. The van der Waals surface area contributed by atoms with Crippen molar-refractivity contribution in [2.75, 3.05) is 6.54 Å². The van der Waals surface area contributed by atoms with E-state index in [1.165, 1.54) is 24.2 Å². The lowest BCUT2D eigenvalue weighted by molar-refractivity contribution is -0.126. The van der Waals surface area contributed by atoms with Gasteiger partial charge in [0, 0.05) is 18.5 Å². The van der Waals surface area contributed by atoms with Gasteiger partial charge < -0.3 is 5.32 Å². The number of amides is 3. The first kappa shape index (κ1) is 16.0. The lowest BCUT2D eigenvalue weighted by atomic mass is 9.53. The zero-order valence-electron chi connectivity index (χ0n) is 14.9. The zero-order chi connectivity index (χ0) is 17.9. The minimum atomic E-state index is -0.284. The number of hydrogen-bond donors (Lipinski definition) is 1. The number of carbonyl (C=O) groups is 3. The van der Waals surface area contributed by atoms with Crippen LogP contribution in [0.15, 0.2) is 24.3 Å². The van der Waals surface area contributed by atoms with Crippen molar-refractivity contribution >= 4 is 17.7 Å². The van der Waals surface area contributed by atoms with Crippen molar-refractivity contribution in [3.05, 3.63) is 35.4 Å². The van der Waals surface area contributed by atoms with Crippen LogP contribution in [0.5, 0.6) is 0 Å². The number of nitrogens with one attached hydrogen (secondary N) is 1. The largest absolute Gasteiger partial charge is 0.351 e. The highest BCUT2D eigenvalue weighted by Gasteiger charge is 2.51. The van der Waals surface area contributed by atoms with Gasteiger partial charge in [0.15, 0.2) is 0 Å². The van der Waals surface area contributed by atoms with Crippen molar-refractivity contribution in [3.8, 4) is 0 Å². The van der Waals surface area contributed by atoms with E-state index in [0.29, 0.717) is 11.1 Å². The van der Waals surface area contributed by atoms with Crippen molar-refractivity contribution in [1.29, 1.82) is 0 Å². The van der Waals surface area contributed by atoms with Crippen molar-refractivity contribution in [3.63, 3.8) is 0 Å². The number of fused-ring (bicyclic) bond motifs is 1. The zero-order valence-corrected chi connectivity index (χ0v) is 14.9. The molecule has 0 atom stereocenters. The Kier molecular flexibility index (Phi) is 3.49. The Bertz CT molecular complexity index is 730. The van der Waals surface area contributed by atoms with Crippen LogP contribution in [0.25, 0.3) is 0 Å². The fraction of sp³-hybridized carbons (Fsp3) is 0.571. The van der Waals surface area contributed by atoms with Crippen molar-refractivity contribution in [1.82, 2.24) is 10.2 Å². The standard InChI is InChI=1S/C21H24N2O3/c24-18(22-21-10-13-7-14(11-21)9-15(8-13)12-21)5-6-23-19(25)16-3-1-2-4-17(16)20(23)26/h1-4,13-15H,5-12H2,(H,22,24).